The Balaban J connectivity index is 2.54. The van der Waals surface area contributed by atoms with E-state index in [0.29, 0.717) is 12.2 Å². The summed E-state index contributed by atoms with van der Waals surface area (Å²) in [5.74, 6) is 0.655. The van der Waals surface area contributed by atoms with Crippen LogP contribution >= 0.6 is 0 Å². The molecule has 0 unspecified atom stereocenters. The van der Waals surface area contributed by atoms with Crippen LogP contribution in [0.4, 0.5) is 4.79 Å². The highest BCUT2D eigenvalue weighted by Crippen LogP contribution is 2.17. The Labute approximate surface area is 105 Å². The van der Waals surface area contributed by atoms with Crippen molar-refractivity contribution in [2.24, 2.45) is 0 Å². The number of para-hydroxylation sites is 1. The quantitative estimate of drug-likeness (QED) is 0.693. The Morgan fingerprint density at radius 3 is 2.67 bits per heavy atom. The number of hydrogen-bond donors (Lipinski definition) is 3. The summed E-state index contributed by atoms with van der Waals surface area (Å²) in [6.45, 7) is 0.0724. The van der Waals surface area contributed by atoms with E-state index in [4.69, 9.17) is 9.84 Å². The molecule has 1 rings (SSSR count). The van der Waals surface area contributed by atoms with Crippen molar-refractivity contribution >= 4 is 16.3 Å². The predicted molar refractivity (Wildman–Crippen MR) is 64.8 cm³/mol. The summed E-state index contributed by atoms with van der Waals surface area (Å²) < 4.78 is 30.9. The van der Waals surface area contributed by atoms with Gasteiger partial charge in [0.15, 0.2) is 0 Å². The van der Waals surface area contributed by atoms with Crippen molar-refractivity contribution in [3.63, 3.8) is 0 Å². The van der Waals surface area contributed by atoms with E-state index in [1.54, 1.807) is 18.2 Å². The zero-order valence-electron chi connectivity index (χ0n) is 9.71. The van der Waals surface area contributed by atoms with Gasteiger partial charge in [0.25, 0.3) is 0 Å². The molecule has 1 aromatic rings. The minimum Gasteiger partial charge on any atom is -0.496 e. The van der Waals surface area contributed by atoms with E-state index in [-0.39, 0.29) is 6.54 Å². The first-order chi connectivity index (χ1) is 8.44. The fraction of sp³-hybridized carbons (Fsp3) is 0.300. The second kappa shape index (κ2) is 6.22. The van der Waals surface area contributed by atoms with Gasteiger partial charge < -0.3 is 9.84 Å². The molecule has 1 aromatic carbocycles. The summed E-state index contributed by atoms with van der Waals surface area (Å²) in [6, 6.07) is 7.18. The van der Waals surface area contributed by atoms with E-state index in [2.05, 4.69) is 4.72 Å². The van der Waals surface area contributed by atoms with Crippen LogP contribution in [0.15, 0.2) is 24.3 Å². The Kier molecular flexibility index (Phi) is 4.93. The second-order valence-corrected chi connectivity index (χ2v) is 4.87. The number of ether oxygens (including phenoxy) is 1. The molecule has 1 amide bonds. The minimum atomic E-state index is -4.01. The maximum absolute atomic E-state index is 11.2. The van der Waals surface area contributed by atoms with Gasteiger partial charge in [0, 0.05) is 6.54 Å². The van der Waals surface area contributed by atoms with Gasteiger partial charge in [0.1, 0.15) is 5.75 Å². The largest absolute Gasteiger partial charge is 0.496 e. The molecule has 100 valence electrons. The van der Waals surface area contributed by atoms with Crippen molar-refractivity contribution in [3.8, 4) is 5.75 Å². The van der Waals surface area contributed by atoms with Crippen LogP contribution in [0.1, 0.15) is 5.56 Å². The molecule has 0 aliphatic rings. The monoisotopic (exact) mass is 274 g/mol. The molecule has 8 heteroatoms. The molecular weight excluding hydrogens is 260 g/mol. The van der Waals surface area contributed by atoms with Gasteiger partial charge in [-0.1, -0.05) is 18.2 Å². The van der Waals surface area contributed by atoms with E-state index in [0.717, 1.165) is 5.56 Å². The Hall–Kier alpha value is -1.80. The van der Waals surface area contributed by atoms with E-state index in [1.165, 1.54) is 11.8 Å². The fourth-order valence-electron chi connectivity index (χ4n) is 1.38. The maximum Gasteiger partial charge on any atom is 0.419 e. The van der Waals surface area contributed by atoms with E-state index < -0.39 is 16.3 Å². The summed E-state index contributed by atoms with van der Waals surface area (Å²) in [7, 11) is -2.49. The second-order valence-electron chi connectivity index (χ2n) is 3.37. The summed E-state index contributed by atoms with van der Waals surface area (Å²) >= 11 is 0. The molecule has 0 atom stereocenters. The molecule has 0 heterocycles. The van der Waals surface area contributed by atoms with Crippen molar-refractivity contribution in [2.45, 2.75) is 6.42 Å². The number of rotatable bonds is 6. The van der Waals surface area contributed by atoms with Crippen molar-refractivity contribution < 1.29 is 23.1 Å². The lowest BCUT2D eigenvalue weighted by atomic mass is 10.1. The third-order valence-corrected chi connectivity index (χ3v) is 3.13. The topological polar surface area (TPSA) is 105 Å². The van der Waals surface area contributed by atoms with E-state index in [1.807, 2.05) is 6.07 Å². The van der Waals surface area contributed by atoms with Crippen LogP contribution in [0.25, 0.3) is 0 Å². The van der Waals surface area contributed by atoms with Gasteiger partial charge in [-0.2, -0.15) is 13.1 Å². The van der Waals surface area contributed by atoms with Gasteiger partial charge >= 0.3 is 16.3 Å². The molecule has 0 bridgehead atoms. The highest BCUT2D eigenvalue weighted by molar-refractivity contribution is 7.88. The van der Waals surface area contributed by atoms with Gasteiger partial charge in [0.05, 0.1) is 7.11 Å². The molecule has 0 saturated heterocycles. The van der Waals surface area contributed by atoms with Gasteiger partial charge in [-0.05, 0) is 18.1 Å². The number of carbonyl (C=O) groups is 1. The van der Waals surface area contributed by atoms with E-state index in [9.17, 15) is 13.2 Å². The van der Waals surface area contributed by atoms with Crippen molar-refractivity contribution in [3.05, 3.63) is 29.8 Å². The number of nitrogens with one attached hydrogen (secondary N) is 2. The van der Waals surface area contributed by atoms with Crippen molar-refractivity contribution in [1.82, 2.24) is 9.44 Å². The number of carboxylic acid groups (broad SMARTS) is 1. The molecule has 7 nitrogen and oxygen atoms in total. The Morgan fingerprint density at radius 1 is 1.39 bits per heavy atom. The first kappa shape index (κ1) is 14.3. The smallest absolute Gasteiger partial charge is 0.419 e. The highest BCUT2D eigenvalue weighted by atomic mass is 32.2. The molecule has 3 N–H and O–H groups in total. The van der Waals surface area contributed by atoms with Crippen LogP contribution in [-0.2, 0) is 16.6 Å². The van der Waals surface area contributed by atoms with Crippen molar-refractivity contribution in [2.75, 3.05) is 13.7 Å². The maximum atomic E-state index is 11.2. The fourth-order valence-corrected chi connectivity index (χ4v) is 2.05. The van der Waals surface area contributed by atoms with E-state index >= 15 is 0 Å². The summed E-state index contributed by atoms with van der Waals surface area (Å²) in [5, 5.41) is 8.30. The molecule has 18 heavy (non-hydrogen) atoms. The van der Waals surface area contributed by atoms with Crippen LogP contribution in [-0.4, -0.2) is 33.3 Å². The molecule has 0 fully saturated rings. The first-order valence-corrected chi connectivity index (χ1v) is 6.55. The average molecular weight is 274 g/mol. The Bertz CT molecular complexity index is 515. The Morgan fingerprint density at radius 2 is 2.06 bits per heavy atom. The van der Waals surface area contributed by atoms with Gasteiger partial charge in [0.2, 0.25) is 0 Å². The lowest BCUT2D eigenvalue weighted by molar-refractivity contribution is 0.201. The molecule has 0 aliphatic carbocycles. The number of benzene rings is 1. The molecule has 0 spiro atoms. The molecule has 0 aromatic heterocycles. The molecule has 0 saturated carbocycles. The van der Waals surface area contributed by atoms with Gasteiger partial charge in [-0.3, -0.25) is 0 Å². The zero-order chi connectivity index (χ0) is 13.6. The normalized spacial score (nSPS) is 10.9. The summed E-state index contributed by atoms with van der Waals surface area (Å²) in [4.78, 5) is 10.2. The molecule has 0 radical (unpaired) electrons. The first-order valence-electron chi connectivity index (χ1n) is 5.07. The predicted octanol–water partition coefficient (Wildman–Crippen LogP) is 0.340. The number of amides is 1. The average Bonchev–Trinajstić information content (AvgIpc) is 2.27. The summed E-state index contributed by atoms with van der Waals surface area (Å²) in [5.41, 5.74) is 0.832. The third-order valence-electron chi connectivity index (χ3n) is 2.10. The zero-order valence-corrected chi connectivity index (χ0v) is 10.5. The van der Waals surface area contributed by atoms with Gasteiger partial charge in [-0.25, -0.2) is 9.52 Å². The number of methoxy groups -OCH3 is 1. The lowest BCUT2D eigenvalue weighted by Gasteiger charge is -2.09. The highest BCUT2D eigenvalue weighted by Gasteiger charge is 2.12. The lowest BCUT2D eigenvalue weighted by Crippen LogP contribution is -2.40. The third kappa shape index (κ3) is 4.60. The standard InChI is InChI=1S/C10H14N2O5S/c1-17-9-5-3-2-4-8(9)6-7-11-18(15,16)12-10(13)14/h2-5,11-12H,6-7H2,1H3,(H,13,14). The SMILES string of the molecule is COc1ccccc1CCNS(=O)(=O)NC(=O)O. The van der Waals surface area contributed by atoms with Crippen LogP contribution in [0.3, 0.4) is 0 Å². The molecule has 0 aliphatic heterocycles. The van der Waals surface area contributed by atoms with Crippen LogP contribution < -0.4 is 14.2 Å². The summed E-state index contributed by atoms with van der Waals surface area (Å²) in [6.07, 6.45) is -1.23. The minimum absolute atomic E-state index is 0.0724. The van der Waals surface area contributed by atoms with Gasteiger partial charge in [-0.15, -0.1) is 0 Å². The van der Waals surface area contributed by atoms with Crippen LogP contribution in [0.2, 0.25) is 0 Å². The van der Waals surface area contributed by atoms with Crippen LogP contribution in [0.5, 0.6) is 5.75 Å². The van der Waals surface area contributed by atoms with Crippen molar-refractivity contribution in [1.29, 1.82) is 0 Å². The van der Waals surface area contributed by atoms with Crippen LogP contribution in [0, 0.1) is 0 Å². The number of hydrogen-bond acceptors (Lipinski definition) is 4. The molecular formula is C10H14N2O5S.